The van der Waals surface area contributed by atoms with Crippen LogP contribution in [-0.4, -0.2) is 48.7 Å². The highest BCUT2D eigenvalue weighted by atomic mass is 32.1. The van der Waals surface area contributed by atoms with E-state index in [1.54, 1.807) is 22.5 Å². The Morgan fingerprint density at radius 3 is 2.73 bits per heavy atom. The Kier molecular flexibility index (Phi) is 6.88. The maximum Gasteiger partial charge on any atom is 0.318 e. The molecule has 0 aliphatic carbocycles. The Bertz CT molecular complexity index is 865. The van der Waals surface area contributed by atoms with Gasteiger partial charge in [0.1, 0.15) is 17.3 Å². The summed E-state index contributed by atoms with van der Waals surface area (Å²) in [6.07, 6.45) is 1.63. The van der Waals surface area contributed by atoms with Gasteiger partial charge in [0.15, 0.2) is 0 Å². The van der Waals surface area contributed by atoms with Crippen molar-refractivity contribution in [2.24, 2.45) is 0 Å². The number of carbonyl (C=O) groups is 1. The van der Waals surface area contributed by atoms with Crippen LogP contribution in [0, 0.1) is 6.92 Å². The highest BCUT2D eigenvalue weighted by Gasteiger charge is 2.27. The number of nitrogens with zero attached hydrogens (tertiary/aromatic N) is 2. The summed E-state index contributed by atoms with van der Waals surface area (Å²) >= 11 is 1.64. The van der Waals surface area contributed by atoms with Crippen LogP contribution in [0.4, 0.5) is 4.79 Å². The first kappa shape index (κ1) is 20.7. The second-order valence-electron chi connectivity index (χ2n) is 7.31. The van der Waals surface area contributed by atoms with E-state index in [2.05, 4.69) is 10.2 Å². The van der Waals surface area contributed by atoms with Gasteiger partial charge in [0, 0.05) is 24.5 Å². The molecule has 1 aliphatic heterocycles. The number of furan rings is 2. The molecule has 160 valence electrons. The molecule has 0 bridgehead atoms. The predicted octanol–water partition coefficient (Wildman–Crippen LogP) is 4.03. The van der Waals surface area contributed by atoms with Crippen molar-refractivity contribution in [3.63, 3.8) is 0 Å². The van der Waals surface area contributed by atoms with Gasteiger partial charge in [-0.2, -0.15) is 0 Å². The summed E-state index contributed by atoms with van der Waals surface area (Å²) in [5.41, 5.74) is 0. The number of hydrogen-bond donors (Lipinski definition) is 1. The molecule has 4 rings (SSSR count). The number of carbonyl (C=O) groups excluding carboxylic acids is 1. The molecule has 0 aromatic carbocycles. The average molecular weight is 430 g/mol. The van der Waals surface area contributed by atoms with E-state index in [0.717, 1.165) is 35.2 Å². The fourth-order valence-corrected chi connectivity index (χ4v) is 4.33. The van der Waals surface area contributed by atoms with Crippen molar-refractivity contribution in [3.05, 3.63) is 70.2 Å². The molecule has 8 heteroatoms. The number of ether oxygens (including phenoxy) is 1. The van der Waals surface area contributed by atoms with Crippen LogP contribution < -0.4 is 5.32 Å². The number of morpholine rings is 1. The lowest BCUT2D eigenvalue weighted by Crippen LogP contribution is -2.46. The molecule has 7 nitrogen and oxygen atoms in total. The zero-order chi connectivity index (χ0) is 20.8. The highest BCUT2D eigenvalue weighted by Crippen LogP contribution is 2.24. The van der Waals surface area contributed by atoms with Crippen LogP contribution in [0.3, 0.4) is 0 Å². The summed E-state index contributed by atoms with van der Waals surface area (Å²) < 4.78 is 16.9. The second kappa shape index (κ2) is 9.97. The molecule has 1 atom stereocenters. The van der Waals surface area contributed by atoms with Crippen molar-refractivity contribution in [1.29, 1.82) is 0 Å². The van der Waals surface area contributed by atoms with E-state index in [0.29, 0.717) is 32.8 Å². The number of urea groups is 1. The first-order valence-corrected chi connectivity index (χ1v) is 11.0. The third-order valence-electron chi connectivity index (χ3n) is 5.16. The molecule has 1 saturated heterocycles. The van der Waals surface area contributed by atoms with Crippen LogP contribution in [0.5, 0.6) is 0 Å². The standard InChI is InChI=1S/C22H27N3O4S/c1-17-6-7-21(29-17)20(24-8-11-27-12-9-24)14-23-22(26)25(15-18-4-2-10-28-18)16-19-5-3-13-30-19/h2-7,10,13,20H,8-9,11-12,14-16H2,1H3,(H,23,26). The second-order valence-corrected chi connectivity index (χ2v) is 8.35. The van der Waals surface area contributed by atoms with Crippen molar-refractivity contribution >= 4 is 17.4 Å². The highest BCUT2D eigenvalue weighted by molar-refractivity contribution is 7.09. The van der Waals surface area contributed by atoms with Crippen LogP contribution in [0.2, 0.25) is 0 Å². The normalized spacial score (nSPS) is 15.8. The lowest BCUT2D eigenvalue weighted by molar-refractivity contribution is 0.0118. The summed E-state index contributed by atoms with van der Waals surface area (Å²) in [6, 6.07) is 11.6. The van der Waals surface area contributed by atoms with E-state index in [4.69, 9.17) is 13.6 Å². The van der Waals surface area contributed by atoms with Gasteiger partial charge in [-0.3, -0.25) is 4.90 Å². The van der Waals surface area contributed by atoms with E-state index in [-0.39, 0.29) is 12.1 Å². The number of amides is 2. The Labute approximate surface area is 180 Å². The molecule has 3 aromatic heterocycles. The zero-order valence-corrected chi connectivity index (χ0v) is 17.9. The number of aryl methyl sites for hydroxylation is 1. The minimum atomic E-state index is -0.124. The Balaban J connectivity index is 1.45. The third-order valence-corrected chi connectivity index (χ3v) is 6.02. The SMILES string of the molecule is Cc1ccc(C(CNC(=O)N(Cc2ccco2)Cc2cccs2)N2CCOCC2)o1. The minimum Gasteiger partial charge on any atom is -0.467 e. The maximum atomic E-state index is 13.1. The van der Waals surface area contributed by atoms with E-state index in [9.17, 15) is 4.79 Å². The van der Waals surface area contributed by atoms with Crippen molar-refractivity contribution in [3.8, 4) is 0 Å². The van der Waals surface area contributed by atoms with Crippen molar-refractivity contribution < 1.29 is 18.4 Å². The Morgan fingerprint density at radius 2 is 2.07 bits per heavy atom. The van der Waals surface area contributed by atoms with Crippen molar-refractivity contribution in [2.45, 2.75) is 26.1 Å². The largest absolute Gasteiger partial charge is 0.467 e. The lowest BCUT2D eigenvalue weighted by Gasteiger charge is -2.34. The molecule has 1 unspecified atom stereocenters. The topological polar surface area (TPSA) is 71.1 Å². The van der Waals surface area contributed by atoms with Gasteiger partial charge in [-0.15, -0.1) is 11.3 Å². The quantitative estimate of drug-likeness (QED) is 0.585. The lowest BCUT2D eigenvalue weighted by atomic mass is 10.1. The molecule has 4 heterocycles. The predicted molar refractivity (Wildman–Crippen MR) is 114 cm³/mol. The smallest absolute Gasteiger partial charge is 0.318 e. The minimum absolute atomic E-state index is 0.0289. The van der Waals surface area contributed by atoms with Gasteiger partial charge in [0.25, 0.3) is 0 Å². The Morgan fingerprint density at radius 1 is 1.20 bits per heavy atom. The fraction of sp³-hybridized carbons (Fsp3) is 0.409. The van der Waals surface area contributed by atoms with Crippen LogP contribution in [0.25, 0.3) is 0 Å². The van der Waals surface area contributed by atoms with Gasteiger partial charge in [-0.05, 0) is 42.6 Å². The van der Waals surface area contributed by atoms with Crippen LogP contribution in [-0.2, 0) is 17.8 Å². The molecule has 1 fully saturated rings. The Hall–Kier alpha value is -2.55. The van der Waals surface area contributed by atoms with Gasteiger partial charge in [-0.25, -0.2) is 4.79 Å². The maximum absolute atomic E-state index is 13.1. The summed E-state index contributed by atoms with van der Waals surface area (Å²) in [4.78, 5) is 18.3. The molecule has 0 radical (unpaired) electrons. The average Bonchev–Trinajstić information content (AvgIpc) is 3.52. The number of nitrogens with one attached hydrogen (secondary N) is 1. The number of rotatable bonds is 8. The van der Waals surface area contributed by atoms with Gasteiger partial charge < -0.3 is 23.8 Å². The van der Waals surface area contributed by atoms with Gasteiger partial charge in [0.2, 0.25) is 0 Å². The number of thiophene rings is 1. The summed E-state index contributed by atoms with van der Waals surface area (Å²) in [5, 5.41) is 5.14. The molecule has 1 aliphatic rings. The molecular formula is C22H27N3O4S. The van der Waals surface area contributed by atoms with Crippen LogP contribution in [0.1, 0.15) is 28.2 Å². The molecule has 2 amide bonds. The van der Waals surface area contributed by atoms with E-state index in [1.807, 2.05) is 48.7 Å². The van der Waals surface area contributed by atoms with Crippen molar-refractivity contribution in [2.75, 3.05) is 32.8 Å². The monoisotopic (exact) mass is 429 g/mol. The van der Waals surface area contributed by atoms with Crippen LogP contribution in [0.15, 0.2) is 56.9 Å². The molecular weight excluding hydrogens is 402 g/mol. The van der Waals surface area contributed by atoms with E-state index < -0.39 is 0 Å². The zero-order valence-electron chi connectivity index (χ0n) is 17.1. The first-order valence-electron chi connectivity index (χ1n) is 10.1. The number of hydrogen-bond acceptors (Lipinski definition) is 6. The fourth-order valence-electron chi connectivity index (χ4n) is 3.61. The summed E-state index contributed by atoms with van der Waals surface area (Å²) in [7, 11) is 0. The molecule has 1 N–H and O–H groups in total. The van der Waals surface area contributed by atoms with Crippen molar-refractivity contribution in [1.82, 2.24) is 15.1 Å². The molecule has 3 aromatic rings. The molecule has 0 spiro atoms. The van der Waals surface area contributed by atoms with E-state index in [1.165, 1.54) is 0 Å². The molecule has 30 heavy (non-hydrogen) atoms. The summed E-state index contributed by atoms with van der Waals surface area (Å²) in [6.45, 7) is 6.35. The van der Waals surface area contributed by atoms with Gasteiger partial charge in [0.05, 0.1) is 38.6 Å². The third kappa shape index (κ3) is 5.33. The first-order chi connectivity index (χ1) is 14.7. The van der Waals surface area contributed by atoms with Gasteiger partial charge >= 0.3 is 6.03 Å². The van der Waals surface area contributed by atoms with Crippen LogP contribution >= 0.6 is 11.3 Å². The molecule has 0 saturated carbocycles. The van der Waals surface area contributed by atoms with Gasteiger partial charge in [-0.1, -0.05) is 6.07 Å². The van der Waals surface area contributed by atoms with E-state index >= 15 is 0 Å². The summed E-state index contributed by atoms with van der Waals surface area (Å²) in [5.74, 6) is 2.49.